The molecule has 0 saturated heterocycles. The van der Waals surface area contributed by atoms with E-state index in [1.807, 2.05) is 6.92 Å². The third kappa shape index (κ3) is 4.99. The zero-order valence-electron chi connectivity index (χ0n) is 11.5. The molecule has 2 N–H and O–H groups in total. The largest absolute Gasteiger partial charge is 0.323 e. The minimum atomic E-state index is 0.128. The Balaban J connectivity index is 2.57. The molecule has 0 fully saturated rings. The minimum Gasteiger partial charge on any atom is -0.323 e. The highest BCUT2D eigenvalue weighted by Crippen LogP contribution is 2.34. The van der Waals surface area contributed by atoms with E-state index in [1.54, 1.807) is 11.3 Å². The van der Waals surface area contributed by atoms with Crippen molar-refractivity contribution in [1.82, 2.24) is 0 Å². The second-order valence-corrected chi connectivity index (χ2v) is 8.00. The summed E-state index contributed by atoms with van der Waals surface area (Å²) in [5, 5.41) is 0. The van der Waals surface area contributed by atoms with E-state index < -0.39 is 0 Å². The average Bonchev–Trinajstić information content (AvgIpc) is 2.43. The van der Waals surface area contributed by atoms with Gasteiger partial charge in [-0.3, -0.25) is 0 Å². The van der Waals surface area contributed by atoms with Crippen LogP contribution in [0, 0.1) is 18.3 Å². The Morgan fingerprint density at radius 2 is 2.00 bits per heavy atom. The van der Waals surface area contributed by atoms with E-state index in [1.165, 1.54) is 11.3 Å². The number of thiophene rings is 1. The molecular formula is C14H24ClNS. The first-order valence-corrected chi connectivity index (χ1v) is 7.40. The molecule has 0 bridgehead atoms. The molecule has 0 aliphatic carbocycles. The van der Waals surface area contributed by atoms with Crippen molar-refractivity contribution in [2.24, 2.45) is 17.1 Å². The lowest BCUT2D eigenvalue weighted by Crippen LogP contribution is -2.17. The van der Waals surface area contributed by atoms with Crippen LogP contribution in [0.25, 0.3) is 0 Å². The van der Waals surface area contributed by atoms with Crippen molar-refractivity contribution in [2.45, 2.75) is 53.5 Å². The zero-order chi connectivity index (χ0) is 13.2. The van der Waals surface area contributed by atoms with Crippen molar-refractivity contribution in [3.8, 4) is 0 Å². The van der Waals surface area contributed by atoms with E-state index in [4.69, 9.17) is 17.3 Å². The standard InChI is InChI=1S/C14H24ClNS/c1-9(8-14(3,4)5)6-11(16)12-7-10(2)13(15)17-12/h7,9,11H,6,8,16H2,1-5H3. The Morgan fingerprint density at radius 3 is 2.41 bits per heavy atom. The molecule has 1 aromatic rings. The third-order valence-electron chi connectivity index (χ3n) is 2.86. The Labute approximate surface area is 114 Å². The molecular weight excluding hydrogens is 250 g/mol. The van der Waals surface area contributed by atoms with Crippen LogP contribution < -0.4 is 5.73 Å². The predicted molar refractivity (Wildman–Crippen MR) is 78.8 cm³/mol. The SMILES string of the molecule is Cc1cc(C(N)CC(C)CC(C)(C)C)sc1Cl. The molecule has 1 heterocycles. The maximum atomic E-state index is 6.25. The van der Waals surface area contributed by atoms with Gasteiger partial charge >= 0.3 is 0 Å². The molecule has 3 heteroatoms. The number of hydrogen-bond donors (Lipinski definition) is 1. The second kappa shape index (κ2) is 5.73. The fourth-order valence-corrected chi connectivity index (χ4v) is 3.58. The van der Waals surface area contributed by atoms with Crippen LogP contribution >= 0.6 is 22.9 Å². The van der Waals surface area contributed by atoms with Gasteiger partial charge in [-0.25, -0.2) is 0 Å². The number of nitrogens with two attached hydrogens (primary N) is 1. The summed E-state index contributed by atoms with van der Waals surface area (Å²) in [6.07, 6.45) is 2.24. The molecule has 98 valence electrons. The normalized spacial score (nSPS) is 15.9. The summed E-state index contributed by atoms with van der Waals surface area (Å²) < 4.78 is 0.874. The smallest absolute Gasteiger partial charge is 0.0960 e. The molecule has 0 saturated carbocycles. The number of halogens is 1. The van der Waals surface area contributed by atoms with Crippen LogP contribution in [0.1, 0.15) is 57.0 Å². The summed E-state index contributed by atoms with van der Waals surface area (Å²) in [5.41, 5.74) is 7.77. The summed E-state index contributed by atoms with van der Waals surface area (Å²) in [7, 11) is 0. The van der Waals surface area contributed by atoms with E-state index in [0.29, 0.717) is 11.3 Å². The molecule has 0 amide bonds. The number of hydrogen-bond acceptors (Lipinski definition) is 2. The maximum absolute atomic E-state index is 6.25. The van der Waals surface area contributed by atoms with Gasteiger partial charge in [0.25, 0.3) is 0 Å². The number of aryl methyl sites for hydroxylation is 1. The Kier molecular flexibility index (Phi) is 5.06. The average molecular weight is 274 g/mol. The molecule has 1 nitrogen and oxygen atoms in total. The van der Waals surface area contributed by atoms with Gasteiger partial charge in [0.05, 0.1) is 4.34 Å². The van der Waals surface area contributed by atoms with Gasteiger partial charge in [0, 0.05) is 10.9 Å². The predicted octanol–water partition coefficient (Wildman–Crippen LogP) is 5.17. The Morgan fingerprint density at radius 1 is 1.41 bits per heavy atom. The van der Waals surface area contributed by atoms with Crippen LogP contribution in [0.3, 0.4) is 0 Å². The Hall–Kier alpha value is -0.0500. The fourth-order valence-electron chi connectivity index (χ4n) is 2.34. The zero-order valence-corrected chi connectivity index (χ0v) is 13.1. The van der Waals surface area contributed by atoms with E-state index in [2.05, 4.69) is 33.8 Å². The molecule has 2 unspecified atom stereocenters. The summed E-state index contributed by atoms with van der Waals surface area (Å²) in [4.78, 5) is 1.22. The summed E-state index contributed by atoms with van der Waals surface area (Å²) in [6.45, 7) is 11.2. The van der Waals surface area contributed by atoms with Crippen molar-refractivity contribution in [1.29, 1.82) is 0 Å². The van der Waals surface area contributed by atoms with Crippen molar-refractivity contribution < 1.29 is 0 Å². The third-order valence-corrected chi connectivity index (χ3v) is 4.55. The molecule has 17 heavy (non-hydrogen) atoms. The Bertz CT molecular complexity index is 345. The highest BCUT2D eigenvalue weighted by Gasteiger charge is 2.19. The first-order chi connectivity index (χ1) is 7.69. The molecule has 0 spiro atoms. The summed E-state index contributed by atoms with van der Waals surface area (Å²) in [5.74, 6) is 0.645. The lowest BCUT2D eigenvalue weighted by atomic mass is 9.83. The van der Waals surface area contributed by atoms with Gasteiger partial charge in [0.15, 0.2) is 0 Å². The highest BCUT2D eigenvalue weighted by atomic mass is 35.5. The molecule has 0 aromatic carbocycles. The van der Waals surface area contributed by atoms with Crippen molar-refractivity contribution >= 4 is 22.9 Å². The van der Waals surface area contributed by atoms with Gasteiger partial charge in [0.2, 0.25) is 0 Å². The van der Waals surface area contributed by atoms with Crippen LogP contribution in [0.5, 0.6) is 0 Å². The van der Waals surface area contributed by atoms with Crippen LogP contribution in [0.4, 0.5) is 0 Å². The second-order valence-electron chi connectivity index (χ2n) is 6.32. The van der Waals surface area contributed by atoms with E-state index in [9.17, 15) is 0 Å². The monoisotopic (exact) mass is 273 g/mol. The first-order valence-electron chi connectivity index (χ1n) is 6.20. The lowest BCUT2D eigenvalue weighted by Gasteiger charge is -2.24. The molecule has 0 aliphatic heterocycles. The highest BCUT2D eigenvalue weighted by molar-refractivity contribution is 7.16. The summed E-state index contributed by atoms with van der Waals surface area (Å²) in [6, 6.07) is 2.25. The van der Waals surface area contributed by atoms with Crippen molar-refractivity contribution in [3.05, 3.63) is 20.8 Å². The van der Waals surface area contributed by atoms with Crippen molar-refractivity contribution in [3.63, 3.8) is 0 Å². The van der Waals surface area contributed by atoms with Gasteiger partial charge in [-0.05, 0) is 42.7 Å². The van der Waals surface area contributed by atoms with E-state index in [0.717, 1.165) is 16.3 Å². The van der Waals surface area contributed by atoms with E-state index >= 15 is 0 Å². The van der Waals surface area contributed by atoms with Gasteiger partial charge in [-0.1, -0.05) is 39.3 Å². The molecule has 0 aliphatic rings. The number of rotatable bonds is 4. The van der Waals surface area contributed by atoms with Gasteiger partial charge in [-0.15, -0.1) is 11.3 Å². The van der Waals surface area contributed by atoms with Crippen LogP contribution in [0.15, 0.2) is 6.07 Å². The molecule has 1 aromatic heterocycles. The van der Waals surface area contributed by atoms with Gasteiger partial charge in [-0.2, -0.15) is 0 Å². The quantitative estimate of drug-likeness (QED) is 0.804. The topological polar surface area (TPSA) is 26.0 Å². The molecule has 2 atom stereocenters. The van der Waals surface area contributed by atoms with Crippen LogP contribution in [0.2, 0.25) is 4.34 Å². The van der Waals surface area contributed by atoms with Gasteiger partial charge in [0.1, 0.15) is 0 Å². The fraction of sp³-hybridized carbons (Fsp3) is 0.714. The van der Waals surface area contributed by atoms with Crippen LogP contribution in [-0.4, -0.2) is 0 Å². The maximum Gasteiger partial charge on any atom is 0.0960 e. The van der Waals surface area contributed by atoms with Gasteiger partial charge < -0.3 is 5.73 Å². The molecule has 1 rings (SSSR count). The minimum absolute atomic E-state index is 0.128. The first kappa shape index (κ1) is 15.0. The van der Waals surface area contributed by atoms with Crippen LogP contribution in [-0.2, 0) is 0 Å². The van der Waals surface area contributed by atoms with Crippen molar-refractivity contribution in [2.75, 3.05) is 0 Å². The lowest BCUT2D eigenvalue weighted by molar-refractivity contribution is 0.287. The summed E-state index contributed by atoms with van der Waals surface area (Å²) >= 11 is 7.70. The van der Waals surface area contributed by atoms with E-state index in [-0.39, 0.29) is 6.04 Å². The molecule has 0 radical (unpaired) electrons.